The van der Waals surface area contributed by atoms with E-state index in [0.29, 0.717) is 66.6 Å². The van der Waals surface area contributed by atoms with E-state index in [0.717, 1.165) is 24.3 Å². The van der Waals surface area contributed by atoms with E-state index in [-0.39, 0.29) is 24.2 Å². The molecule has 4 heterocycles. The predicted octanol–water partition coefficient (Wildman–Crippen LogP) is 5.81. The maximum absolute atomic E-state index is 12.2. The summed E-state index contributed by atoms with van der Waals surface area (Å²) < 4.78 is 34.3. The van der Waals surface area contributed by atoms with Gasteiger partial charge in [0.05, 0.1) is 30.7 Å². The molecule has 0 spiro atoms. The third kappa shape index (κ3) is 11.6. The Kier molecular flexibility index (Phi) is 16.0. The van der Waals surface area contributed by atoms with Gasteiger partial charge in [-0.1, -0.05) is 50.2 Å². The van der Waals surface area contributed by atoms with Crippen LogP contribution in [0.25, 0.3) is 0 Å². The van der Waals surface area contributed by atoms with Gasteiger partial charge in [-0.05, 0) is 42.8 Å². The van der Waals surface area contributed by atoms with Crippen LogP contribution in [-0.2, 0) is 9.47 Å². The molecule has 2 aromatic carbocycles. The summed E-state index contributed by atoms with van der Waals surface area (Å²) in [5.41, 5.74) is 17.6. The van der Waals surface area contributed by atoms with Crippen molar-refractivity contribution in [3.63, 3.8) is 0 Å². The highest BCUT2D eigenvalue weighted by molar-refractivity contribution is 6.14. The number of halogens is 2. The van der Waals surface area contributed by atoms with Crippen LogP contribution in [0.4, 0.5) is 31.9 Å². The first-order valence-electron chi connectivity index (χ1n) is 16.2. The highest BCUT2D eigenvalue weighted by Crippen LogP contribution is 2.21. The average molecular weight is 677 g/mol. The van der Waals surface area contributed by atoms with E-state index in [9.17, 15) is 14.0 Å². The highest BCUT2D eigenvalue weighted by Gasteiger charge is 2.20. The minimum absolute atomic E-state index is 0.00738. The van der Waals surface area contributed by atoms with Gasteiger partial charge in [0.2, 0.25) is 0 Å². The first kappa shape index (κ1) is 38.5. The molecule has 262 valence electrons. The SMILES string of the molecule is CC.FC1CCOC1.N=C(c1ccnc(N2CCCOC(CO)C2)c1)c1ccccc1N.N=C(c1ccnc(NF)c1)c1ccccc1N. The molecule has 0 saturated carbocycles. The summed E-state index contributed by atoms with van der Waals surface area (Å²) in [6, 6.07) is 21.2. The number of rotatable bonds is 7. The molecular weight excluding hydrogens is 630 g/mol. The quantitative estimate of drug-likeness (QED) is 0.0800. The van der Waals surface area contributed by atoms with Crippen LogP contribution < -0.4 is 21.9 Å². The number of para-hydroxylation sites is 2. The zero-order chi connectivity index (χ0) is 35.6. The number of nitrogen functional groups attached to an aromatic ring is 2. The molecule has 2 aliphatic rings. The van der Waals surface area contributed by atoms with Crippen molar-refractivity contribution in [2.24, 2.45) is 0 Å². The van der Waals surface area contributed by atoms with Gasteiger partial charge in [-0.25, -0.2) is 19.9 Å². The Morgan fingerprint density at radius 2 is 1.51 bits per heavy atom. The van der Waals surface area contributed by atoms with E-state index in [1.54, 1.807) is 42.6 Å². The minimum atomic E-state index is -0.676. The van der Waals surface area contributed by atoms with Gasteiger partial charge in [0.15, 0.2) is 5.82 Å². The van der Waals surface area contributed by atoms with Crippen molar-refractivity contribution < 1.29 is 23.5 Å². The summed E-state index contributed by atoms with van der Waals surface area (Å²) in [6.45, 7) is 6.97. The molecular formula is C36H46F2N8O3. The number of hydrogen-bond acceptors (Lipinski definition) is 11. The summed E-state index contributed by atoms with van der Waals surface area (Å²) in [4.78, 5) is 10.3. The van der Waals surface area contributed by atoms with Crippen molar-refractivity contribution >= 4 is 34.4 Å². The van der Waals surface area contributed by atoms with Gasteiger partial charge >= 0.3 is 0 Å². The lowest BCUT2D eigenvalue weighted by molar-refractivity contribution is 0.0266. The van der Waals surface area contributed by atoms with Crippen molar-refractivity contribution in [2.75, 3.05) is 61.4 Å². The van der Waals surface area contributed by atoms with Crippen LogP contribution >= 0.6 is 0 Å². The first-order chi connectivity index (χ1) is 23.8. The number of hydrogen-bond donors (Lipinski definition) is 6. The van der Waals surface area contributed by atoms with E-state index in [4.69, 9.17) is 27.0 Å². The van der Waals surface area contributed by atoms with Gasteiger partial charge in [0.1, 0.15) is 12.0 Å². The molecule has 8 N–H and O–H groups in total. The molecule has 2 atom stereocenters. The molecule has 49 heavy (non-hydrogen) atoms. The van der Waals surface area contributed by atoms with E-state index >= 15 is 0 Å². The van der Waals surface area contributed by atoms with Gasteiger partial charge in [-0.15, -0.1) is 4.48 Å². The van der Waals surface area contributed by atoms with Crippen LogP contribution in [0.15, 0.2) is 85.2 Å². The topological polar surface area (TPSA) is 179 Å². The van der Waals surface area contributed by atoms with Crippen LogP contribution in [-0.4, -0.2) is 78.3 Å². The third-order valence-electron chi connectivity index (χ3n) is 7.39. The molecule has 0 bridgehead atoms. The molecule has 2 aromatic heterocycles. The fourth-order valence-electron chi connectivity index (χ4n) is 4.86. The number of aliphatic hydroxyl groups excluding tert-OH is 1. The summed E-state index contributed by atoms with van der Waals surface area (Å²) in [7, 11) is 0. The monoisotopic (exact) mass is 676 g/mol. The number of alkyl halides is 1. The normalized spacial score (nSPS) is 16.7. The molecule has 13 heteroatoms. The molecule has 11 nitrogen and oxygen atoms in total. The number of nitrogens with zero attached hydrogens (tertiary/aromatic N) is 3. The number of nitrogens with one attached hydrogen (secondary N) is 3. The van der Waals surface area contributed by atoms with Crippen LogP contribution in [0.3, 0.4) is 0 Å². The Hall–Kier alpha value is -4.98. The highest BCUT2D eigenvalue weighted by atomic mass is 19.2. The van der Waals surface area contributed by atoms with Crippen molar-refractivity contribution in [1.29, 1.82) is 10.8 Å². The van der Waals surface area contributed by atoms with Crippen LogP contribution in [0.1, 0.15) is 48.9 Å². The number of anilines is 4. The second kappa shape index (κ2) is 20.4. The van der Waals surface area contributed by atoms with Crippen LogP contribution in [0, 0.1) is 10.8 Å². The molecule has 2 fully saturated rings. The van der Waals surface area contributed by atoms with E-state index < -0.39 is 6.17 Å². The molecule has 6 rings (SSSR count). The van der Waals surface area contributed by atoms with Gasteiger partial charge in [-0.3, -0.25) is 10.8 Å². The molecule has 2 unspecified atom stereocenters. The van der Waals surface area contributed by atoms with Gasteiger partial charge in [-0.2, -0.15) is 0 Å². The fraction of sp³-hybridized carbons (Fsp3) is 0.333. The summed E-state index contributed by atoms with van der Waals surface area (Å²) in [5.74, 6) is 0.859. The fourth-order valence-corrected chi connectivity index (χ4v) is 4.86. The first-order valence-corrected chi connectivity index (χ1v) is 16.2. The average Bonchev–Trinajstić information content (AvgIpc) is 3.50. The van der Waals surface area contributed by atoms with Gasteiger partial charge in [0, 0.05) is 78.7 Å². The Morgan fingerprint density at radius 3 is 2.02 bits per heavy atom. The Bertz CT molecular complexity index is 1620. The van der Waals surface area contributed by atoms with Gasteiger partial charge in [0.25, 0.3) is 0 Å². The number of ether oxygens (including phenoxy) is 2. The van der Waals surface area contributed by atoms with Crippen molar-refractivity contribution in [3.05, 3.63) is 107 Å². The second-order valence-electron chi connectivity index (χ2n) is 10.8. The second-order valence-corrected chi connectivity index (χ2v) is 10.8. The predicted molar refractivity (Wildman–Crippen MR) is 192 cm³/mol. The standard InChI is InChI=1S/C18H22N4O2.C12H11FN4.C4H7FO.C2H6/c19-16-5-2-1-4-15(16)18(20)13-6-7-21-17(10-13)22-8-3-9-24-14(11-22)12-23;13-17-11-7-8(5-6-16-11)12(15)9-3-1-2-4-10(9)14;5-4-1-2-6-3-4;1-2/h1-2,4-7,10,14,20,23H,3,8-9,11-12,19H2;1-7,15H,14H2,(H,16,17);4H,1-3H2;1-2H3. The number of nitrogens with two attached hydrogens (primary N) is 2. The smallest absolute Gasteiger partial charge is 0.154 e. The van der Waals surface area contributed by atoms with E-state index in [1.165, 1.54) is 17.8 Å². The number of benzene rings is 2. The summed E-state index contributed by atoms with van der Waals surface area (Å²) in [6.07, 6.45) is 3.74. The minimum Gasteiger partial charge on any atom is -0.398 e. The lowest BCUT2D eigenvalue weighted by Gasteiger charge is -2.24. The molecule has 0 aliphatic carbocycles. The zero-order valence-electron chi connectivity index (χ0n) is 27.9. The summed E-state index contributed by atoms with van der Waals surface area (Å²) >= 11 is 0. The Labute approximate surface area is 286 Å². The molecule has 0 amide bonds. The largest absolute Gasteiger partial charge is 0.398 e. The molecule has 2 aliphatic heterocycles. The maximum Gasteiger partial charge on any atom is 0.154 e. The molecule has 2 saturated heterocycles. The number of pyridine rings is 2. The third-order valence-corrected chi connectivity index (χ3v) is 7.39. The Balaban J connectivity index is 0.000000225. The molecule has 0 radical (unpaired) electrons. The van der Waals surface area contributed by atoms with E-state index in [1.807, 2.05) is 44.2 Å². The van der Waals surface area contributed by atoms with Crippen molar-refractivity contribution in [3.8, 4) is 0 Å². The van der Waals surface area contributed by atoms with Crippen LogP contribution in [0.2, 0.25) is 0 Å². The number of aliphatic hydroxyl groups is 1. The maximum atomic E-state index is 12.2. The molecule has 4 aromatic rings. The Morgan fingerprint density at radius 1 is 0.918 bits per heavy atom. The van der Waals surface area contributed by atoms with E-state index in [2.05, 4.69) is 19.6 Å². The summed E-state index contributed by atoms with van der Waals surface area (Å²) in [5, 5.41) is 25.9. The number of aromatic nitrogens is 2. The van der Waals surface area contributed by atoms with Gasteiger partial charge < -0.3 is 30.9 Å². The van der Waals surface area contributed by atoms with Crippen molar-refractivity contribution in [2.45, 2.75) is 39.0 Å². The zero-order valence-corrected chi connectivity index (χ0v) is 27.9. The van der Waals surface area contributed by atoms with Crippen LogP contribution in [0.5, 0.6) is 0 Å². The lowest BCUT2D eigenvalue weighted by atomic mass is 10.0. The lowest BCUT2D eigenvalue weighted by Crippen LogP contribution is -2.34. The van der Waals surface area contributed by atoms with Crippen molar-refractivity contribution in [1.82, 2.24) is 9.97 Å².